The molecular formula is C27H38N4O2. The van der Waals surface area contributed by atoms with Crippen LogP contribution in [0.4, 0.5) is 5.82 Å². The minimum Gasteiger partial charge on any atom is -0.377 e. The van der Waals surface area contributed by atoms with E-state index < -0.39 is 0 Å². The molecule has 0 bridgehead atoms. The summed E-state index contributed by atoms with van der Waals surface area (Å²) in [5.41, 5.74) is 3.18. The van der Waals surface area contributed by atoms with Gasteiger partial charge >= 0.3 is 0 Å². The summed E-state index contributed by atoms with van der Waals surface area (Å²) in [7, 11) is 2.02. The lowest BCUT2D eigenvalue weighted by Crippen LogP contribution is -2.39. The van der Waals surface area contributed by atoms with E-state index in [-0.39, 0.29) is 17.9 Å². The highest BCUT2D eigenvalue weighted by atomic mass is 16.5. The van der Waals surface area contributed by atoms with Gasteiger partial charge in [0.25, 0.3) is 0 Å². The smallest absolute Gasteiger partial charge is 0.228 e. The van der Waals surface area contributed by atoms with Gasteiger partial charge in [-0.05, 0) is 76.7 Å². The van der Waals surface area contributed by atoms with E-state index in [1.54, 1.807) is 0 Å². The molecule has 6 heteroatoms. The molecular weight excluding hydrogens is 412 g/mol. The SMILES string of the molecule is C=C(C)N(C)/C(=C\C)c1ccc2cnc(NC(=O)C3CCN(CCOC(C)C)CC3)cc2c1. The molecule has 1 aromatic heterocycles. The average molecular weight is 451 g/mol. The first-order chi connectivity index (χ1) is 15.8. The molecule has 33 heavy (non-hydrogen) atoms. The third kappa shape index (κ3) is 6.65. The molecule has 0 unspecified atom stereocenters. The molecule has 0 radical (unpaired) electrons. The number of benzene rings is 1. The van der Waals surface area contributed by atoms with E-state index >= 15 is 0 Å². The number of carbonyl (C=O) groups excluding carboxylic acids is 1. The second kappa shape index (κ2) is 11.4. The summed E-state index contributed by atoms with van der Waals surface area (Å²) in [5.74, 6) is 0.690. The maximum Gasteiger partial charge on any atom is 0.228 e. The number of hydrogen-bond donors (Lipinski definition) is 1. The van der Waals surface area contributed by atoms with Crippen LogP contribution in [0.5, 0.6) is 0 Å². The Kier molecular flexibility index (Phi) is 8.64. The predicted molar refractivity (Wildman–Crippen MR) is 137 cm³/mol. The van der Waals surface area contributed by atoms with E-state index in [2.05, 4.69) is 64.8 Å². The fourth-order valence-corrected chi connectivity index (χ4v) is 4.19. The monoisotopic (exact) mass is 450 g/mol. The van der Waals surface area contributed by atoms with E-state index in [4.69, 9.17) is 4.74 Å². The number of anilines is 1. The second-order valence-electron chi connectivity index (χ2n) is 9.12. The third-order valence-electron chi connectivity index (χ3n) is 6.29. The molecule has 0 saturated carbocycles. The molecule has 1 saturated heterocycles. The summed E-state index contributed by atoms with van der Waals surface area (Å²) in [6, 6.07) is 8.26. The molecule has 1 amide bonds. The number of pyridine rings is 1. The van der Waals surface area contributed by atoms with Gasteiger partial charge in [-0.2, -0.15) is 0 Å². The zero-order valence-corrected chi connectivity index (χ0v) is 20.7. The summed E-state index contributed by atoms with van der Waals surface area (Å²) in [6.07, 6.45) is 5.90. The van der Waals surface area contributed by atoms with Crippen LogP contribution in [0.25, 0.3) is 16.5 Å². The number of nitrogens with zero attached hydrogens (tertiary/aromatic N) is 3. The number of fused-ring (bicyclic) bond motifs is 1. The van der Waals surface area contributed by atoms with E-state index in [0.29, 0.717) is 5.82 Å². The molecule has 1 N–H and O–H groups in total. The zero-order valence-electron chi connectivity index (χ0n) is 20.7. The first-order valence-corrected chi connectivity index (χ1v) is 11.9. The largest absolute Gasteiger partial charge is 0.377 e. The van der Waals surface area contributed by atoms with Crippen LogP contribution in [-0.4, -0.2) is 60.1 Å². The second-order valence-corrected chi connectivity index (χ2v) is 9.12. The molecule has 1 aliphatic rings. The first kappa shape index (κ1) is 24.9. The minimum absolute atomic E-state index is 0.0231. The Bertz CT molecular complexity index is 1010. The van der Waals surface area contributed by atoms with Crippen molar-refractivity contribution < 1.29 is 9.53 Å². The molecule has 2 heterocycles. The van der Waals surface area contributed by atoms with Crippen molar-refractivity contribution in [2.24, 2.45) is 5.92 Å². The number of hydrogen-bond acceptors (Lipinski definition) is 5. The molecule has 1 fully saturated rings. The quantitative estimate of drug-likeness (QED) is 0.573. The van der Waals surface area contributed by atoms with Gasteiger partial charge in [-0.3, -0.25) is 4.79 Å². The van der Waals surface area contributed by atoms with Gasteiger partial charge in [0.2, 0.25) is 5.91 Å². The number of piperidine rings is 1. The maximum absolute atomic E-state index is 12.9. The number of nitrogens with one attached hydrogen (secondary N) is 1. The standard InChI is InChI=1S/C27H38N4O2/c1-7-25(30(6)19(2)3)22-8-9-23-18-28-26(17-24(23)16-22)29-27(32)21-10-12-31(13-11-21)14-15-33-20(4)5/h7-9,16-18,20-21H,2,10-15H2,1,3-6H3,(H,28,29,32)/b25-7-. The Morgan fingerprint density at radius 1 is 1.30 bits per heavy atom. The average Bonchev–Trinajstić information content (AvgIpc) is 2.79. The van der Waals surface area contributed by atoms with Crippen molar-refractivity contribution in [2.45, 2.75) is 46.6 Å². The number of likely N-dealkylation sites (tertiary alicyclic amines) is 1. The van der Waals surface area contributed by atoms with Crippen molar-refractivity contribution in [1.82, 2.24) is 14.8 Å². The van der Waals surface area contributed by atoms with Crippen LogP contribution in [0.15, 0.2) is 48.8 Å². The Hall–Kier alpha value is -2.70. The van der Waals surface area contributed by atoms with E-state index in [0.717, 1.165) is 66.8 Å². The highest BCUT2D eigenvalue weighted by Gasteiger charge is 2.25. The van der Waals surface area contributed by atoms with E-state index in [9.17, 15) is 4.79 Å². The molecule has 1 aromatic carbocycles. The van der Waals surface area contributed by atoms with E-state index in [1.165, 1.54) is 0 Å². The van der Waals surface area contributed by atoms with Crippen LogP contribution in [0.1, 0.15) is 46.1 Å². The number of amides is 1. The fraction of sp³-hybridized carbons (Fsp3) is 0.481. The summed E-state index contributed by atoms with van der Waals surface area (Å²) in [5, 5.41) is 5.14. The molecule has 0 aliphatic carbocycles. The van der Waals surface area contributed by atoms with Gasteiger partial charge in [-0.25, -0.2) is 4.98 Å². The first-order valence-electron chi connectivity index (χ1n) is 11.9. The molecule has 6 nitrogen and oxygen atoms in total. The number of carbonyl (C=O) groups is 1. The highest BCUT2D eigenvalue weighted by Crippen LogP contribution is 2.26. The van der Waals surface area contributed by atoms with Crippen LogP contribution in [0.3, 0.4) is 0 Å². The topological polar surface area (TPSA) is 57.7 Å². The molecule has 2 aromatic rings. The predicted octanol–water partition coefficient (Wildman–Crippen LogP) is 5.14. The number of rotatable bonds is 9. The Labute approximate surface area is 198 Å². The van der Waals surface area contributed by atoms with Crippen molar-refractivity contribution in [3.05, 3.63) is 54.4 Å². The lowest BCUT2D eigenvalue weighted by Gasteiger charge is -2.31. The van der Waals surface area contributed by atoms with Crippen molar-refractivity contribution in [2.75, 3.05) is 38.6 Å². The Morgan fingerprint density at radius 3 is 2.67 bits per heavy atom. The zero-order chi connectivity index (χ0) is 24.0. The van der Waals surface area contributed by atoms with Crippen molar-refractivity contribution in [3.8, 4) is 0 Å². The molecule has 178 valence electrons. The van der Waals surface area contributed by atoms with E-state index in [1.807, 2.05) is 33.2 Å². The van der Waals surface area contributed by atoms with Crippen LogP contribution in [-0.2, 0) is 9.53 Å². The maximum atomic E-state index is 12.9. The Balaban J connectivity index is 1.63. The highest BCUT2D eigenvalue weighted by molar-refractivity contribution is 5.94. The van der Waals surface area contributed by atoms with Crippen LogP contribution < -0.4 is 5.32 Å². The molecule has 3 rings (SSSR count). The molecule has 1 aliphatic heterocycles. The summed E-state index contributed by atoms with van der Waals surface area (Å²) in [6.45, 7) is 15.7. The minimum atomic E-state index is 0.0231. The lowest BCUT2D eigenvalue weighted by atomic mass is 9.96. The van der Waals surface area contributed by atoms with Crippen molar-refractivity contribution in [3.63, 3.8) is 0 Å². The van der Waals surface area contributed by atoms with Crippen molar-refractivity contribution >= 4 is 28.2 Å². The molecule has 0 spiro atoms. The third-order valence-corrected chi connectivity index (χ3v) is 6.29. The summed E-state index contributed by atoms with van der Waals surface area (Å²) >= 11 is 0. The van der Waals surface area contributed by atoms with Gasteiger partial charge in [0.15, 0.2) is 0 Å². The van der Waals surface area contributed by atoms with Crippen LogP contribution in [0, 0.1) is 5.92 Å². The van der Waals surface area contributed by atoms with Crippen molar-refractivity contribution in [1.29, 1.82) is 0 Å². The summed E-state index contributed by atoms with van der Waals surface area (Å²) < 4.78 is 5.65. The number of allylic oxidation sites excluding steroid dienone is 2. The number of ether oxygens (including phenoxy) is 1. The van der Waals surface area contributed by atoms with Crippen LogP contribution in [0.2, 0.25) is 0 Å². The van der Waals surface area contributed by atoms with Gasteiger partial charge in [-0.1, -0.05) is 24.8 Å². The molecule has 0 atom stereocenters. The lowest BCUT2D eigenvalue weighted by molar-refractivity contribution is -0.121. The van der Waals surface area contributed by atoms with Gasteiger partial charge < -0.3 is 19.9 Å². The van der Waals surface area contributed by atoms with Gasteiger partial charge in [0.05, 0.1) is 12.7 Å². The number of aromatic nitrogens is 1. The normalized spacial score (nSPS) is 15.8. The van der Waals surface area contributed by atoms with Gasteiger partial charge in [0.1, 0.15) is 5.82 Å². The van der Waals surface area contributed by atoms with Gasteiger partial charge in [0, 0.05) is 42.5 Å². The summed E-state index contributed by atoms with van der Waals surface area (Å²) in [4.78, 5) is 21.8. The van der Waals surface area contributed by atoms with Gasteiger partial charge in [-0.15, -0.1) is 0 Å². The Morgan fingerprint density at radius 2 is 2.03 bits per heavy atom. The van der Waals surface area contributed by atoms with Crippen LogP contribution >= 0.6 is 0 Å². The fourth-order valence-electron chi connectivity index (χ4n) is 4.19.